The zero-order valence-corrected chi connectivity index (χ0v) is 10.2. The first-order valence-electron chi connectivity index (χ1n) is 6.06. The summed E-state index contributed by atoms with van der Waals surface area (Å²) in [6.07, 6.45) is 2.72. The summed E-state index contributed by atoms with van der Waals surface area (Å²) in [4.78, 5) is 2.52. The summed E-state index contributed by atoms with van der Waals surface area (Å²) < 4.78 is 0. The van der Waals surface area contributed by atoms with Gasteiger partial charge in [0, 0.05) is 12.6 Å². The molecule has 84 valence electrons. The quantitative estimate of drug-likeness (QED) is 0.629. The van der Waals surface area contributed by atoms with Crippen LogP contribution < -0.4 is 5.32 Å². The van der Waals surface area contributed by atoms with Crippen molar-refractivity contribution in [1.29, 1.82) is 0 Å². The van der Waals surface area contributed by atoms with Crippen molar-refractivity contribution in [2.45, 2.75) is 39.7 Å². The van der Waals surface area contributed by atoms with Crippen LogP contribution in [0.15, 0.2) is 0 Å². The molecule has 3 atom stereocenters. The summed E-state index contributed by atoms with van der Waals surface area (Å²) in [5, 5.41) is 3.39. The second kappa shape index (κ2) is 5.72. The highest BCUT2D eigenvalue weighted by molar-refractivity contribution is 4.85. The van der Waals surface area contributed by atoms with E-state index in [-0.39, 0.29) is 0 Å². The lowest BCUT2D eigenvalue weighted by Gasteiger charge is -2.24. The van der Waals surface area contributed by atoms with Gasteiger partial charge in [0.15, 0.2) is 0 Å². The van der Waals surface area contributed by atoms with Gasteiger partial charge in [0.05, 0.1) is 0 Å². The molecule has 3 unspecified atom stereocenters. The third-order valence-corrected chi connectivity index (χ3v) is 3.54. The van der Waals surface area contributed by atoms with Crippen molar-refractivity contribution < 1.29 is 0 Å². The minimum Gasteiger partial charge on any atom is -0.317 e. The van der Waals surface area contributed by atoms with E-state index in [2.05, 4.69) is 38.0 Å². The van der Waals surface area contributed by atoms with Crippen LogP contribution in [0.25, 0.3) is 0 Å². The summed E-state index contributed by atoms with van der Waals surface area (Å²) in [6, 6.07) is 0.724. The zero-order chi connectivity index (χ0) is 10.6. The molecule has 1 fully saturated rings. The van der Waals surface area contributed by atoms with Gasteiger partial charge in [-0.05, 0) is 51.7 Å². The first kappa shape index (κ1) is 12.0. The molecule has 0 radical (unpaired) electrons. The van der Waals surface area contributed by atoms with Gasteiger partial charge in [-0.3, -0.25) is 0 Å². The predicted octanol–water partition coefficient (Wildman–Crippen LogP) is 1.96. The lowest BCUT2D eigenvalue weighted by Crippen LogP contribution is -2.33. The molecule has 0 aromatic rings. The molecule has 1 rings (SSSR count). The Morgan fingerprint density at radius 3 is 2.64 bits per heavy atom. The topological polar surface area (TPSA) is 15.3 Å². The number of rotatable bonds is 7. The van der Waals surface area contributed by atoms with Crippen molar-refractivity contribution >= 4 is 0 Å². The van der Waals surface area contributed by atoms with Gasteiger partial charge >= 0.3 is 0 Å². The van der Waals surface area contributed by atoms with Crippen LogP contribution in [0.1, 0.15) is 33.6 Å². The van der Waals surface area contributed by atoms with E-state index in [1.54, 1.807) is 0 Å². The predicted molar refractivity (Wildman–Crippen MR) is 62.5 cm³/mol. The molecule has 1 N–H and O–H groups in total. The molecule has 0 spiro atoms. The Balaban J connectivity index is 2.06. The smallest absolute Gasteiger partial charge is 0.00760 e. The molecule has 0 amide bonds. The van der Waals surface area contributed by atoms with Crippen LogP contribution in [-0.4, -0.2) is 37.6 Å². The van der Waals surface area contributed by atoms with Crippen molar-refractivity contribution in [1.82, 2.24) is 10.2 Å². The fourth-order valence-electron chi connectivity index (χ4n) is 1.91. The van der Waals surface area contributed by atoms with E-state index in [4.69, 9.17) is 0 Å². The molecule has 0 bridgehead atoms. The number of nitrogens with one attached hydrogen (secondary N) is 1. The monoisotopic (exact) mass is 198 g/mol. The second-order valence-corrected chi connectivity index (χ2v) is 4.90. The van der Waals surface area contributed by atoms with Crippen LogP contribution in [0.2, 0.25) is 0 Å². The van der Waals surface area contributed by atoms with Crippen molar-refractivity contribution in [2.24, 2.45) is 11.8 Å². The van der Waals surface area contributed by atoms with Gasteiger partial charge in [0.25, 0.3) is 0 Å². The Hall–Kier alpha value is -0.0800. The molecule has 0 heterocycles. The average Bonchev–Trinajstić information content (AvgIpc) is 2.82. The maximum Gasteiger partial charge on any atom is 0.00760 e. The van der Waals surface area contributed by atoms with Crippen LogP contribution in [0, 0.1) is 11.8 Å². The first-order chi connectivity index (χ1) is 6.65. The van der Waals surface area contributed by atoms with E-state index in [1.807, 2.05) is 0 Å². The Morgan fingerprint density at radius 2 is 2.14 bits per heavy atom. The maximum atomic E-state index is 3.39. The molecular weight excluding hydrogens is 172 g/mol. The third kappa shape index (κ3) is 3.97. The van der Waals surface area contributed by atoms with Gasteiger partial charge in [0.2, 0.25) is 0 Å². The fourth-order valence-corrected chi connectivity index (χ4v) is 1.91. The highest BCUT2D eigenvalue weighted by atomic mass is 15.1. The summed E-state index contributed by atoms with van der Waals surface area (Å²) in [5.41, 5.74) is 0. The Bertz CT molecular complexity index is 158. The van der Waals surface area contributed by atoms with Crippen LogP contribution in [0.4, 0.5) is 0 Å². The lowest BCUT2D eigenvalue weighted by atomic mass is 10.2. The molecular formula is C12H26N2. The number of hydrogen-bond acceptors (Lipinski definition) is 2. The van der Waals surface area contributed by atoms with Crippen molar-refractivity contribution in [3.05, 3.63) is 0 Å². The largest absolute Gasteiger partial charge is 0.317 e. The van der Waals surface area contributed by atoms with Gasteiger partial charge in [-0.25, -0.2) is 0 Å². The molecule has 1 aliphatic rings. The molecule has 1 aliphatic carbocycles. The van der Waals surface area contributed by atoms with E-state index in [1.165, 1.54) is 19.4 Å². The lowest BCUT2D eigenvalue weighted by molar-refractivity contribution is 0.232. The second-order valence-electron chi connectivity index (χ2n) is 4.90. The Labute approximate surface area is 89.1 Å². The maximum absolute atomic E-state index is 3.39. The molecule has 1 saturated carbocycles. The normalized spacial score (nSPS) is 28.1. The average molecular weight is 198 g/mol. The molecule has 2 heteroatoms. The van der Waals surface area contributed by atoms with Crippen molar-refractivity contribution in [3.8, 4) is 0 Å². The SMILES string of the molecule is CCNCCC(C)N(C)CC1CC1C. The fraction of sp³-hybridized carbons (Fsp3) is 1.00. The summed E-state index contributed by atoms with van der Waals surface area (Å²) in [5.74, 6) is 1.97. The number of nitrogens with zero attached hydrogens (tertiary/aromatic N) is 1. The molecule has 14 heavy (non-hydrogen) atoms. The van der Waals surface area contributed by atoms with E-state index in [0.29, 0.717) is 0 Å². The van der Waals surface area contributed by atoms with Gasteiger partial charge in [-0.2, -0.15) is 0 Å². The van der Waals surface area contributed by atoms with Crippen molar-refractivity contribution in [2.75, 3.05) is 26.7 Å². The standard InChI is InChI=1S/C12H26N2/c1-5-13-7-6-11(3)14(4)9-12-8-10(12)2/h10-13H,5-9H2,1-4H3. The van der Waals surface area contributed by atoms with E-state index in [9.17, 15) is 0 Å². The zero-order valence-electron chi connectivity index (χ0n) is 10.2. The van der Waals surface area contributed by atoms with E-state index >= 15 is 0 Å². The first-order valence-corrected chi connectivity index (χ1v) is 6.06. The minimum absolute atomic E-state index is 0.724. The highest BCUT2D eigenvalue weighted by Gasteiger charge is 2.33. The molecule has 0 aromatic carbocycles. The van der Waals surface area contributed by atoms with Gasteiger partial charge in [-0.15, -0.1) is 0 Å². The van der Waals surface area contributed by atoms with Gasteiger partial charge in [-0.1, -0.05) is 13.8 Å². The summed E-state index contributed by atoms with van der Waals surface area (Å²) >= 11 is 0. The van der Waals surface area contributed by atoms with Crippen LogP contribution >= 0.6 is 0 Å². The third-order valence-electron chi connectivity index (χ3n) is 3.54. The molecule has 0 saturated heterocycles. The molecule has 0 aliphatic heterocycles. The molecule has 2 nitrogen and oxygen atoms in total. The van der Waals surface area contributed by atoms with E-state index < -0.39 is 0 Å². The minimum atomic E-state index is 0.724. The van der Waals surface area contributed by atoms with Gasteiger partial charge in [0.1, 0.15) is 0 Å². The van der Waals surface area contributed by atoms with Crippen LogP contribution in [0.3, 0.4) is 0 Å². The van der Waals surface area contributed by atoms with E-state index in [0.717, 1.165) is 31.0 Å². The highest BCUT2D eigenvalue weighted by Crippen LogP contribution is 2.38. The molecule has 0 aromatic heterocycles. The Kier molecular flexibility index (Phi) is 4.90. The summed E-state index contributed by atoms with van der Waals surface area (Å²) in [6.45, 7) is 10.4. The number of hydrogen-bond donors (Lipinski definition) is 1. The summed E-state index contributed by atoms with van der Waals surface area (Å²) in [7, 11) is 2.27. The van der Waals surface area contributed by atoms with Crippen LogP contribution in [0.5, 0.6) is 0 Å². The van der Waals surface area contributed by atoms with Crippen LogP contribution in [-0.2, 0) is 0 Å². The Morgan fingerprint density at radius 1 is 1.50 bits per heavy atom. The van der Waals surface area contributed by atoms with Crippen molar-refractivity contribution in [3.63, 3.8) is 0 Å². The van der Waals surface area contributed by atoms with Gasteiger partial charge < -0.3 is 10.2 Å².